The van der Waals surface area contributed by atoms with Gasteiger partial charge in [0, 0.05) is 10.9 Å². The van der Waals surface area contributed by atoms with Crippen LogP contribution < -0.4 is 10.6 Å². The van der Waals surface area contributed by atoms with Crippen LogP contribution in [0.2, 0.25) is 0 Å². The molecule has 0 spiro atoms. The maximum absolute atomic E-state index is 12.1. The summed E-state index contributed by atoms with van der Waals surface area (Å²) in [5.74, 6) is -0.302. The number of hydrogen-bond donors (Lipinski definition) is 2. The standard InChI is InChI=1S/C16H24N2O2S2/c1-4-12-10(2)22-14(13(12)15(19)20-3)18-16(21)17-11-8-6-5-7-9-11/h11H,4-9H2,1-3H3,(H2,17,18,21). The third-order valence-electron chi connectivity index (χ3n) is 4.12. The Morgan fingerprint density at radius 2 is 2.05 bits per heavy atom. The maximum atomic E-state index is 12.1. The molecule has 6 heteroatoms. The summed E-state index contributed by atoms with van der Waals surface area (Å²) in [5.41, 5.74) is 1.67. The van der Waals surface area contributed by atoms with Crippen molar-refractivity contribution in [3.05, 3.63) is 16.0 Å². The fourth-order valence-electron chi connectivity index (χ4n) is 2.98. The van der Waals surface area contributed by atoms with Gasteiger partial charge in [-0.15, -0.1) is 11.3 Å². The second-order valence-electron chi connectivity index (χ2n) is 5.62. The third-order valence-corrected chi connectivity index (χ3v) is 5.40. The lowest BCUT2D eigenvalue weighted by molar-refractivity contribution is 0.0601. The van der Waals surface area contributed by atoms with E-state index in [1.807, 2.05) is 13.8 Å². The molecule has 2 rings (SSSR count). The number of esters is 1. The number of thiocarbonyl (C=S) groups is 1. The van der Waals surface area contributed by atoms with Crippen molar-refractivity contribution in [3.63, 3.8) is 0 Å². The number of ether oxygens (including phenoxy) is 1. The van der Waals surface area contributed by atoms with Crippen molar-refractivity contribution < 1.29 is 9.53 Å². The van der Waals surface area contributed by atoms with E-state index in [0.717, 1.165) is 34.7 Å². The lowest BCUT2D eigenvalue weighted by Gasteiger charge is -2.24. The van der Waals surface area contributed by atoms with E-state index in [1.165, 1.54) is 26.4 Å². The van der Waals surface area contributed by atoms with Crippen LogP contribution in [0.3, 0.4) is 0 Å². The summed E-state index contributed by atoms with van der Waals surface area (Å²) in [6.45, 7) is 4.07. The lowest BCUT2D eigenvalue weighted by atomic mass is 9.96. The van der Waals surface area contributed by atoms with Gasteiger partial charge in [-0.05, 0) is 44.0 Å². The fraction of sp³-hybridized carbons (Fsp3) is 0.625. The van der Waals surface area contributed by atoms with Crippen LogP contribution in [0.1, 0.15) is 59.8 Å². The van der Waals surface area contributed by atoms with E-state index in [9.17, 15) is 4.79 Å². The van der Waals surface area contributed by atoms with E-state index in [0.29, 0.717) is 16.7 Å². The topological polar surface area (TPSA) is 50.4 Å². The monoisotopic (exact) mass is 340 g/mol. The fourth-order valence-corrected chi connectivity index (χ4v) is 4.45. The number of hydrogen-bond acceptors (Lipinski definition) is 4. The first kappa shape index (κ1) is 17.2. The maximum Gasteiger partial charge on any atom is 0.341 e. The van der Waals surface area contributed by atoms with Gasteiger partial charge in [-0.1, -0.05) is 26.2 Å². The van der Waals surface area contributed by atoms with Crippen molar-refractivity contribution >= 4 is 39.6 Å². The summed E-state index contributed by atoms with van der Waals surface area (Å²) < 4.78 is 4.93. The van der Waals surface area contributed by atoms with Gasteiger partial charge in [0.05, 0.1) is 12.7 Å². The highest BCUT2D eigenvalue weighted by atomic mass is 32.1. The molecule has 1 heterocycles. The van der Waals surface area contributed by atoms with Gasteiger partial charge >= 0.3 is 5.97 Å². The predicted octanol–water partition coefficient (Wildman–Crippen LogP) is 4.02. The van der Waals surface area contributed by atoms with Crippen LogP contribution in [0, 0.1) is 6.92 Å². The average molecular weight is 341 g/mol. The van der Waals surface area contributed by atoms with Crippen molar-refractivity contribution in [1.82, 2.24) is 5.32 Å². The zero-order chi connectivity index (χ0) is 16.1. The number of aryl methyl sites for hydroxylation is 1. The number of thiophene rings is 1. The molecule has 1 aromatic heterocycles. The summed E-state index contributed by atoms with van der Waals surface area (Å²) in [5, 5.41) is 7.96. The van der Waals surface area contributed by atoms with Crippen molar-refractivity contribution in [2.45, 2.75) is 58.4 Å². The number of anilines is 1. The second kappa shape index (κ2) is 7.92. The predicted molar refractivity (Wildman–Crippen MR) is 96.0 cm³/mol. The molecule has 0 saturated heterocycles. The molecule has 122 valence electrons. The minimum Gasteiger partial charge on any atom is -0.465 e. The Balaban J connectivity index is 2.11. The molecule has 1 aromatic rings. The summed E-state index contributed by atoms with van der Waals surface area (Å²) >= 11 is 6.98. The van der Waals surface area contributed by atoms with Crippen LogP contribution in [0.15, 0.2) is 0 Å². The van der Waals surface area contributed by atoms with Crippen LogP contribution in [0.25, 0.3) is 0 Å². The van der Waals surface area contributed by atoms with E-state index in [1.54, 1.807) is 11.3 Å². The summed E-state index contributed by atoms with van der Waals surface area (Å²) in [4.78, 5) is 13.2. The largest absolute Gasteiger partial charge is 0.465 e. The van der Waals surface area contributed by atoms with Gasteiger partial charge in [-0.3, -0.25) is 0 Å². The van der Waals surface area contributed by atoms with Crippen LogP contribution in [0.5, 0.6) is 0 Å². The number of methoxy groups -OCH3 is 1. The summed E-state index contributed by atoms with van der Waals surface area (Å²) in [6, 6.07) is 0.446. The lowest BCUT2D eigenvalue weighted by Crippen LogP contribution is -2.38. The van der Waals surface area contributed by atoms with E-state index < -0.39 is 0 Å². The Labute approximate surface area is 141 Å². The molecule has 2 N–H and O–H groups in total. The van der Waals surface area contributed by atoms with E-state index >= 15 is 0 Å². The molecule has 0 bridgehead atoms. The Kier molecular flexibility index (Phi) is 6.20. The smallest absolute Gasteiger partial charge is 0.341 e. The zero-order valence-electron chi connectivity index (χ0n) is 13.5. The Morgan fingerprint density at radius 1 is 1.36 bits per heavy atom. The SMILES string of the molecule is CCc1c(C)sc(NC(=S)NC2CCCCC2)c1C(=O)OC. The van der Waals surface area contributed by atoms with Crippen LogP contribution in [-0.2, 0) is 11.2 Å². The molecule has 0 aliphatic heterocycles. The van der Waals surface area contributed by atoms with Crippen LogP contribution >= 0.6 is 23.6 Å². The highest BCUT2D eigenvalue weighted by molar-refractivity contribution is 7.80. The average Bonchev–Trinajstić information content (AvgIpc) is 2.82. The van der Waals surface area contributed by atoms with Gasteiger partial charge < -0.3 is 15.4 Å². The normalized spacial score (nSPS) is 15.4. The van der Waals surface area contributed by atoms with Gasteiger partial charge in [0.2, 0.25) is 0 Å². The molecule has 0 aromatic carbocycles. The minimum atomic E-state index is -0.302. The highest BCUT2D eigenvalue weighted by Gasteiger charge is 2.23. The third kappa shape index (κ3) is 3.98. The first-order valence-electron chi connectivity index (χ1n) is 7.84. The molecular weight excluding hydrogens is 316 g/mol. The Morgan fingerprint density at radius 3 is 2.64 bits per heavy atom. The molecular formula is C16H24N2O2S2. The zero-order valence-corrected chi connectivity index (χ0v) is 15.1. The van der Waals surface area contributed by atoms with Gasteiger partial charge in [-0.25, -0.2) is 4.79 Å². The first-order valence-corrected chi connectivity index (χ1v) is 9.07. The highest BCUT2D eigenvalue weighted by Crippen LogP contribution is 2.34. The van der Waals surface area contributed by atoms with Crippen molar-refractivity contribution in [3.8, 4) is 0 Å². The molecule has 4 nitrogen and oxygen atoms in total. The molecule has 0 atom stereocenters. The molecule has 0 amide bonds. The Bertz CT molecular complexity index is 549. The second-order valence-corrected chi connectivity index (χ2v) is 7.25. The van der Waals surface area contributed by atoms with Crippen molar-refractivity contribution in [2.24, 2.45) is 0 Å². The van der Waals surface area contributed by atoms with Gasteiger partial charge in [0.15, 0.2) is 5.11 Å². The van der Waals surface area contributed by atoms with E-state index in [-0.39, 0.29) is 5.97 Å². The molecule has 1 saturated carbocycles. The first-order chi connectivity index (χ1) is 10.6. The van der Waals surface area contributed by atoms with Crippen molar-refractivity contribution in [1.29, 1.82) is 0 Å². The summed E-state index contributed by atoms with van der Waals surface area (Å²) in [6.07, 6.45) is 6.95. The van der Waals surface area contributed by atoms with Gasteiger partial charge in [0.1, 0.15) is 5.00 Å². The minimum absolute atomic E-state index is 0.302. The number of nitrogens with one attached hydrogen (secondary N) is 2. The van der Waals surface area contributed by atoms with Crippen LogP contribution in [0.4, 0.5) is 5.00 Å². The summed E-state index contributed by atoms with van der Waals surface area (Å²) in [7, 11) is 1.41. The Hall–Kier alpha value is -1.14. The van der Waals surface area contributed by atoms with E-state index in [2.05, 4.69) is 10.6 Å². The number of carbonyl (C=O) groups is 1. The molecule has 0 unspecified atom stereocenters. The van der Waals surface area contributed by atoms with Gasteiger partial charge in [-0.2, -0.15) is 0 Å². The molecule has 22 heavy (non-hydrogen) atoms. The van der Waals surface area contributed by atoms with Crippen LogP contribution in [-0.4, -0.2) is 24.2 Å². The molecule has 1 aliphatic carbocycles. The van der Waals surface area contributed by atoms with Gasteiger partial charge in [0.25, 0.3) is 0 Å². The van der Waals surface area contributed by atoms with E-state index in [4.69, 9.17) is 17.0 Å². The molecule has 0 radical (unpaired) electrons. The number of carbonyl (C=O) groups excluding carboxylic acids is 1. The quantitative estimate of drug-likeness (QED) is 0.640. The van der Waals surface area contributed by atoms with Crippen molar-refractivity contribution in [2.75, 3.05) is 12.4 Å². The molecule has 1 aliphatic rings. The molecule has 1 fully saturated rings. The number of rotatable bonds is 4.